The summed E-state index contributed by atoms with van der Waals surface area (Å²) >= 11 is 6.40. The Kier molecular flexibility index (Phi) is 4.29. The molecule has 0 bridgehead atoms. The molecule has 1 unspecified atom stereocenters. The number of nitrogens with one attached hydrogen (secondary N) is 1. The second-order valence-corrected chi connectivity index (χ2v) is 6.33. The number of hydrazine groups is 1. The van der Waals surface area contributed by atoms with Crippen LogP contribution >= 0.6 is 11.6 Å². The molecule has 3 heteroatoms. The maximum Gasteiger partial charge on any atom is 0.0724 e. The molecule has 2 aromatic rings. The van der Waals surface area contributed by atoms with Crippen molar-refractivity contribution in [3.8, 4) is 0 Å². The molecular formula is C18H21ClN2. The molecule has 1 saturated carbocycles. The topological polar surface area (TPSA) is 38.0 Å². The lowest BCUT2D eigenvalue weighted by Gasteiger charge is -2.27. The van der Waals surface area contributed by atoms with Gasteiger partial charge in [-0.05, 0) is 54.0 Å². The average molecular weight is 301 g/mol. The maximum absolute atomic E-state index is 6.40. The molecule has 2 aromatic carbocycles. The Hall–Kier alpha value is -1.35. The lowest BCUT2D eigenvalue weighted by molar-refractivity contribution is 0.419. The number of rotatable bonds is 4. The summed E-state index contributed by atoms with van der Waals surface area (Å²) in [5.41, 5.74) is 7.68. The molecule has 1 aliphatic rings. The minimum absolute atomic E-state index is 0.0712. The summed E-state index contributed by atoms with van der Waals surface area (Å²) in [6, 6.07) is 14.8. The van der Waals surface area contributed by atoms with Crippen LogP contribution in [0.2, 0.25) is 5.02 Å². The summed E-state index contributed by atoms with van der Waals surface area (Å²) in [4.78, 5) is 0. The number of nitrogens with two attached hydrogens (primary N) is 1. The summed E-state index contributed by atoms with van der Waals surface area (Å²) in [5.74, 6) is 6.53. The first-order valence-corrected chi connectivity index (χ1v) is 7.89. The van der Waals surface area contributed by atoms with E-state index in [1.54, 1.807) is 0 Å². The van der Waals surface area contributed by atoms with Gasteiger partial charge in [-0.25, -0.2) is 5.43 Å². The Morgan fingerprint density at radius 2 is 2.00 bits per heavy atom. The summed E-state index contributed by atoms with van der Waals surface area (Å²) in [6.07, 6.45) is 3.95. The molecule has 0 heterocycles. The zero-order valence-electron chi connectivity index (χ0n) is 12.3. The smallest absolute Gasteiger partial charge is 0.0724 e. The van der Waals surface area contributed by atoms with E-state index in [0.29, 0.717) is 0 Å². The van der Waals surface area contributed by atoms with Gasteiger partial charge in [-0.2, -0.15) is 0 Å². The molecule has 3 rings (SSSR count). The SMILES string of the molecule is Cc1ccc(C(NN)c2cccc(C3CCC3)c2)c(Cl)c1. The van der Waals surface area contributed by atoms with Crippen LogP contribution in [0.25, 0.3) is 0 Å². The summed E-state index contributed by atoms with van der Waals surface area (Å²) in [7, 11) is 0. The van der Waals surface area contributed by atoms with E-state index >= 15 is 0 Å². The Morgan fingerprint density at radius 1 is 1.19 bits per heavy atom. The third-order valence-electron chi connectivity index (χ3n) is 4.45. The van der Waals surface area contributed by atoms with Gasteiger partial charge >= 0.3 is 0 Å². The second kappa shape index (κ2) is 6.18. The van der Waals surface area contributed by atoms with Crippen molar-refractivity contribution in [3.63, 3.8) is 0 Å². The van der Waals surface area contributed by atoms with E-state index in [-0.39, 0.29) is 6.04 Å². The predicted octanol–water partition coefficient (Wildman–Crippen LogP) is 4.47. The molecule has 1 aliphatic carbocycles. The van der Waals surface area contributed by atoms with Gasteiger partial charge in [-0.1, -0.05) is 54.4 Å². The monoisotopic (exact) mass is 300 g/mol. The molecule has 1 fully saturated rings. The van der Waals surface area contributed by atoms with E-state index in [1.165, 1.54) is 30.4 Å². The highest BCUT2D eigenvalue weighted by atomic mass is 35.5. The van der Waals surface area contributed by atoms with Crippen LogP contribution in [0.1, 0.15) is 53.5 Å². The van der Waals surface area contributed by atoms with E-state index in [4.69, 9.17) is 17.4 Å². The second-order valence-electron chi connectivity index (χ2n) is 5.92. The van der Waals surface area contributed by atoms with Gasteiger partial charge in [0.1, 0.15) is 0 Å². The fourth-order valence-electron chi connectivity index (χ4n) is 2.97. The van der Waals surface area contributed by atoms with Gasteiger partial charge in [0.15, 0.2) is 0 Å². The van der Waals surface area contributed by atoms with E-state index in [1.807, 2.05) is 13.0 Å². The highest BCUT2D eigenvalue weighted by Gasteiger charge is 2.21. The van der Waals surface area contributed by atoms with Crippen LogP contribution in [-0.2, 0) is 0 Å². The van der Waals surface area contributed by atoms with Crippen LogP contribution in [0.3, 0.4) is 0 Å². The molecule has 0 radical (unpaired) electrons. The molecule has 3 N–H and O–H groups in total. The Balaban J connectivity index is 1.95. The molecule has 2 nitrogen and oxygen atoms in total. The maximum atomic E-state index is 6.40. The number of aryl methyl sites for hydroxylation is 1. The van der Waals surface area contributed by atoms with Crippen LogP contribution in [0, 0.1) is 6.92 Å². The van der Waals surface area contributed by atoms with Crippen LogP contribution in [-0.4, -0.2) is 0 Å². The van der Waals surface area contributed by atoms with Crippen molar-refractivity contribution in [1.82, 2.24) is 5.43 Å². The van der Waals surface area contributed by atoms with Gasteiger partial charge < -0.3 is 0 Å². The molecular weight excluding hydrogens is 280 g/mol. The van der Waals surface area contributed by atoms with Crippen LogP contribution < -0.4 is 11.3 Å². The average Bonchev–Trinajstić information content (AvgIpc) is 2.40. The largest absolute Gasteiger partial charge is 0.271 e. The zero-order valence-corrected chi connectivity index (χ0v) is 13.0. The number of benzene rings is 2. The van der Waals surface area contributed by atoms with E-state index in [0.717, 1.165) is 22.1 Å². The van der Waals surface area contributed by atoms with E-state index in [9.17, 15) is 0 Å². The van der Waals surface area contributed by atoms with E-state index < -0.39 is 0 Å². The van der Waals surface area contributed by atoms with Crippen molar-refractivity contribution in [3.05, 3.63) is 69.7 Å². The zero-order chi connectivity index (χ0) is 14.8. The van der Waals surface area contributed by atoms with Crippen molar-refractivity contribution < 1.29 is 0 Å². The molecule has 0 aliphatic heterocycles. The van der Waals surface area contributed by atoms with Crippen molar-refractivity contribution >= 4 is 11.6 Å². The first-order valence-electron chi connectivity index (χ1n) is 7.51. The van der Waals surface area contributed by atoms with Crippen LogP contribution in [0.5, 0.6) is 0 Å². The quantitative estimate of drug-likeness (QED) is 0.646. The standard InChI is InChI=1S/C18H21ClN2/c1-12-8-9-16(17(19)10-12)18(21-20)15-7-3-6-14(11-15)13-4-2-5-13/h3,6-11,13,18,21H,2,4-5,20H2,1H3. The minimum Gasteiger partial charge on any atom is -0.271 e. The van der Waals surface area contributed by atoms with Crippen LogP contribution in [0.4, 0.5) is 0 Å². The molecule has 0 spiro atoms. The highest BCUT2D eigenvalue weighted by Crippen LogP contribution is 2.38. The Bertz CT molecular complexity index is 635. The fourth-order valence-corrected chi connectivity index (χ4v) is 3.31. The predicted molar refractivity (Wildman–Crippen MR) is 88.4 cm³/mol. The molecule has 1 atom stereocenters. The summed E-state index contributed by atoms with van der Waals surface area (Å²) < 4.78 is 0. The molecule has 0 saturated heterocycles. The molecule has 0 amide bonds. The van der Waals surface area contributed by atoms with Gasteiger partial charge in [0, 0.05) is 5.02 Å². The van der Waals surface area contributed by atoms with Crippen LogP contribution in [0.15, 0.2) is 42.5 Å². The molecule has 0 aromatic heterocycles. The summed E-state index contributed by atoms with van der Waals surface area (Å²) in [6.45, 7) is 2.04. The van der Waals surface area contributed by atoms with Crippen molar-refractivity contribution in [2.75, 3.05) is 0 Å². The number of hydrogen-bond donors (Lipinski definition) is 2. The van der Waals surface area contributed by atoms with Crippen molar-refractivity contribution in [2.24, 2.45) is 5.84 Å². The number of halogens is 1. The first kappa shape index (κ1) is 14.6. The Morgan fingerprint density at radius 3 is 2.62 bits per heavy atom. The normalized spacial score (nSPS) is 16.5. The third-order valence-corrected chi connectivity index (χ3v) is 4.78. The Labute approximate surface area is 131 Å². The first-order chi connectivity index (χ1) is 10.2. The minimum atomic E-state index is -0.0712. The van der Waals surface area contributed by atoms with Gasteiger partial charge in [0.25, 0.3) is 0 Å². The fraction of sp³-hybridized carbons (Fsp3) is 0.333. The van der Waals surface area contributed by atoms with Gasteiger partial charge in [-0.15, -0.1) is 0 Å². The molecule has 21 heavy (non-hydrogen) atoms. The van der Waals surface area contributed by atoms with Gasteiger partial charge in [0.05, 0.1) is 6.04 Å². The van der Waals surface area contributed by atoms with E-state index in [2.05, 4.69) is 41.8 Å². The summed E-state index contributed by atoms with van der Waals surface area (Å²) in [5, 5.41) is 0.756. The lowest BCUT2D eigenvalue weighted by Crippen LogP contribution is -2.29. The van der Waals surface area contributed by atoms with Crippen molar-refractivity contribution in [2.45, 2.75) is 38.1 Å². The van der Waals surface area contributed by atoms with Gasteiger partial charge in [0.2, 0.25) is 0 Å². The van der Waals surface area contributed by atoms with Gasteiger partial charge in [-0.3, -0.25) is 5.84 Å². The molecule has 110 valence electrons. The van der Waals surface area contributed by atoms with Crippen molar-refractivity contribution in [1.29, 1.82) is 0 Å². The lowest BCUT2D eigenvalue weighted by atomic mass is 9.79. The number of hydrogen-bond acceptors (Lipinski definition) is 2. The third kappa shape index (κ3) is 2.98. The highest BCUT2D eigenvalue weighted by molar-refractivity contribution is 6.31.